The van der Waals surface area contributed by atoms with Gasteiger partial charge < -0.3 is 15.2 Å². The van der Waals surface area contributed by atoms with Gasteiger partial charge in [-0.25, -0.2) is 14.2 Å². The lowest BCUT2D eigenvalue weighted by atomic mass is 10.1. The molecule has 2 fully saturated rings. The molecule has 2 N–H and O–H groups in total. The number of rotatable bonds is 6. The summed E-state index contributed by atoms with van der Waals surface area (Å²) in [6.07, 6.45) is -4.81. The van der Waals surface area contributed by atoms with Crippen molar-refractivity contribution in [2.45, 2.75) is 57.3 Å². The van der Waals surface area contributed by atoms with Crippen molar-refractivity contribution in [3.05, 3.63) is 58.1 Å². The standard InChI is InChI=1S/C21H24F2N3O8P/c1-12(2)32-18(27)15-6-4-3-5-13(15)10-31-35(29)33-14-9-16(34-35)21(22,23)19(30-11-14)26-8-7-17(24)25-20(26)28/h3-8,12,14,16,19H,9-11H2,1-2H3,(H2,24,25,28)/t14?,16-,19-,35?/m1/s1. The number of aromatic nitrogens is 2. The molecule has 4 atom stereocenters. The van der Waals surface area contributed by atoms with Gasteiger partial charge in [0, 0.05) is 12.6 Å². The third kappa shape index (κ3) is 5.44. The van der Waals surface area contributed by atoms with E-state index in [2.05, 4.69) is 4.98 Å². The molecule has 2 aliphatic rings. The second kappa shape index (κ2) is 9.75. The lowest BCUT2D eigenvalue weighted by Gasteiger charge is -2.35. The van der Waals surface area contributed by atoms with Gasteiger partial charge in [-0.2, -0.15) is 13.8 Å². The van der Waals surface area contributed by atoms with Crippen LogP contribution in [0.5, 0.6) is 0 Å². The van der Waals surface area contributed by atoms with E-state index in [4.69, 9.17) is 28.8 Å². The summed E-state index contributed by atoms with van der Waals surface area (Å²) in [6, 6.07) is 7.43. The van der Waals surface area contributed by atoms with E-state index in [1.165, 1.54) is 18.2 Å². The van der Waals surface area contributed by atoms with E-state index < -0.39 is 57.1 Å². The Bertz CT molecular complexity index is 1210. The van der Waals surface area contributed by atoms with Gasteiger partial charge in [-0.1, -0.05) is 18.2 Å². The molecule has 11 nitrogen and oxygen atoms in total. The van der Waals surface area contributed by atoms with Crippen LogP contribution in [0.15, 0.2) is 41.3 Å². The summed E-state index contributed by atoms with van der Waals surface area (Å²) in [4.78, 5) is 27.9. The van der Waals surface area contributed by atoms with E-state index in [-0.39, 0.29) is 23.9 Å². The molecule has 0 saturated carbocycles. The van der Waals surface area contributed by atoms with Crippen molar-refractivity contribution in [2.24, 2.45) is 0 Å². The number of carbonyl (C=O) groups is 1. The Balaban J connectivity index is 1.54. The van der Waals surface area contributed by atoms with Crippen molar-refractivity contribution in [3.8, 4) is 0 Å². The van der Waals surface area contributed by atoms with Crippen LogP contribution >= 0.6 is 7.82 Å². The van der Waals surface area contributed by atoms with Gasteiger partial charge in [-0.15, -0.1) is 0 Å². The third-order valence-corrected chi connectivity index (χ3v) is 6.79. The molecule has 14 heteroatoms. The lowest BCUT2D eigenvalue weighted by molar-refractivity contribution is -0.207. The number of fused-ring (bicyclic) bond motifs is 2. The molecule has 3 heterocycles. The summed E-state index contributed by atoms with van der Waals surface area (Å²) < 4.78 is 70.9. The van der Waals surface area contributed by atoms with Gasteiger partial charge in [-0.05, 0) is 31.5 Å². The molecule has 4 rings (SSSR count). The van der Waals surface area contributed by atoms with Gasteiger partial charge in [0.2, 0.25) is 6.23 Å². The summed E-state index contributed by atoms with van der Waals surface area (Å²) in [5.74, 6) is -4.57. The summed E-state index contributed by atoms with van der Waals surface area (Å²) in [7, 11) is -4.51. The van der Waals surface area contributed by atoms with Crippen molar-refractivity contribution in [1.82, 2.24) is 9.55 Å². The minimum absolute atomic E-state index is 0.142. The average Bonchev–Trinajstić information content (AvgIpc) is 2.86. The maximum absolute atomic E-state index is 15.4. The van der Waals surface area contributed by atoms with Crippen LogP contribution < -0.4 is 11.4 Å². The topological polar surface area (TPSA) is 141 Å². The molecule has 2 bridgehead atoms. The molecule has 1 aromatic carbocycles. The molecule has 35 heavy (non-hydrogen) atoms. The first-order valence-corrected chi connectivity index (χ1v) is 12.2. The number of phosphoric acid groups is 1. The second-order valence-electron chi connectivity index (χ2n) is 8.29. The van der Waals surface area contributed by atoms with Crippen LogP contribution in [0.3, 0.4) is 0 Å². The van der Waals surface area contributed by atoms with Crippen LogP contribution in [-0.4, -0.2) is 46.4 Å². The first-order chi connectivity index (χ1) is 16.5. The Morgan fingerprint density at radius 3 is 2.77 bits per heavy atom. The quantitative estimate of drug-likeness (QED) is 0.451. The fourth-order valence-electron chi connectivity index (χ4n) is 3.68. The van der Waals surface area contributed by atoms with Crippen LogP contribution in [0.4, 0.5) is 14.6 Å². The number of benzene rings is 1. The van der Waals surface area contributed by atoms with Gasteiger partial charge in [0.1, 0.15) is 11.9 Å². The summed E-state index contributed by atoms with van der Waals surface area (Å²) >= 11 is 0. The molecular weight excluding hydrogens is 491 g/mol. The zero-order chi connectivity index (χ0) is 25.4. The summed E-state index contributed by atoms with van der Waals surface area (Å²) in [6.45, 7) is 2.52. The van der Waals surface area contributed by atoms with Gasteiger partial charge in [0.05, 0.1) is 31.0 Å². The van der Waals surface area contributed by atoms with E-state index in [1.54, 1.807) is 26.0 Å². The van der Waals surface area contributed by atoms with Gasteiger partial charge in [0.15, 0.2) is 0 Å². The van der Waals surface area contributed by atoms with E-state index >= 15 is 8.78 Å². The van der Waals surface area contributed by atoms with Gasteiger partial charge in [-0.3, -0.25) is 18.1 Å². The normalized spacial score (nSPS) is 27.9. The minimum atomic E-state index is -4.51. The number of hydrogen-bond donors (Lipinski definition) is 1. The fraction of sp³-hybridized carbons (Fsp3) is 0.476. The number of phosphoric ester groups is 1. The SMILES string of the molecule is CC(C)OC(=O)c1ccccc1COP1(=O)OC2CO[C@@H](n3ccc(N)nc3=O)C(F)(F)[C@@H](C2)O1. The molecule has 2 saturated heterocycles. The first-order valence-electron chi connectivity index (χ1n) is 10.7. The predicted octanol–water partition coefficient (Wildman–Crippen LogP) is 3.05. The lowest BCUT2D eigenvalue weighted by Crippen LogP contribution is -2.47. The van der Waals surface area contributed by atoms with Crippen molar-refractivity contribution >= 4 is 19.6 Å². The highest BCUT2D eigenvalue weighted by Gasteiger charge is 2.59. The van der Waals surface area contributed by atoms with Crippen molar-refractivity contribution in [3.63, 3.8) is 0 Å². The molecule has 0 spiro atoms. The Kier molecular flexibility index (Phi) is 7.07. The molecule has 0 aliphatic carbocycles. The molecule has 2 unspecified atom stereocenters. The van der Waals surface area contributed by atoms with E-state index in [1.807, 2.05) is 0 Å². The number of carbonyl (C=O) groups excluding carboxylic acids is 1. The highest BCUT2D eigenvalue weighted by atomic mass is 31.2. The smallest absolute Gasteiger partial charge is 0.459 e. The van der Waals surface area contributed by atoms with Crippen LogP contribution in [0.25, 0.3) is 0 Å². The monoisotopic (exact) mass is 515 g/mol. The van der Waals surface area contributed by atoms with Crippen LogP contribution in [-0.2, 0) is 34.2 Å². The van der Waals surface area contributed by atoms with Gasteiger partial charge in [0.25, 0.3) is 0 Å². The maximum atomic E-state index is 15.4. The number of halogens is 2. The van der Waals surface area contributed by atoms with Crippen molar-refractivity contribution in [1.29, 1.82) is 0 Å². The maximum Gasteiger partial charge on any atom is 0.475 e. The van der Waals surface area contributed by atoms with E-state index in [0.717, 1.165) is 6.20 Å². The number of ether oxygens (including phenoxy) is 2. The Morgan fingerprint density at radius 2 is 2.06 bits per heavy atom. The van der Waals surface area contributed by atoms with E-state index in [9.17, 15) is 14.2 Å². The third-order valence-electron chi connectivity index (χ3n) is 5.27. The molecule has 0 amide bonds. The van der Waals surface area contributed by atoms with Crippen molar-refractivity contribution < 1.29 is 41.2 Å². The van der Waals surface area contributed by atoms with Crippen LogP contribution in [0.2, 0.25) is 0 Å². The van der Waals surface area contributed by atoms with Gasteiger partial charge >= 0.3 is 25.4 Å². The summed E-state index contributed by atoms with van der Waals surface area (Å²) in [5.41, 5.74) is 4.84. The summed E-state index contributed by atoms with van der Waals surface area (Å²) in [5, 5.41) is 0. The molecule has 0 radical (unpaired) electrons. The number of esters is 1. The molecule has 2 aliphatic heterocycles. The largest absolute Gasteiger partial charge is 0.475 e. The Morgan fingerprint density at radius 1 is 1.31 bits per heavy atom. The Hall–Kier alpha value is -2.70. The number of nitrogens with two attached hydrogens (primary N) is 1. The van der Waals surface area contributed by atoms with Crippen LogP contribution in [0.1, 0.15) is 42.4 Å². The zero-order valence-corrected chi connectivity index (χ0v) is 19.7. The number of nitrogens with zero attached hydrogens (tertiary/aromatic N) is 2. The first kappa shape index (κ1) is 25.4. The van der Waals surface area contributed by atoms with E-state index in [0.29, 0.717) is 10.1 Å². The highest BCUT2D eigenvalue weighted by Crippen LogP contribution is 2.60. The second-order valence-corrected chi connectivity index (χ2v) is 9.87. The number of nitrogen functional groups attached to an aromatic ring is 1. The van der Waals surface area contributed by atoms with Crippen LogP contribution in [0, 0.1) is 0 Å². The van der Waals surface area contributed by atoms with Crippen molar-refractivity contribution in [2.75, 3.05) is 12.3 Å². The molecule has 1 aromatic heterocycles. The average molecular weight is 515 g/mol. The molecular formula is C21H24F2N3O8P. The number of hydrogen-bond acceptors (Lipinski definition) is 10. The fourth-order valence-corrected chi connectivity index (χ4v) is 5.20. The number of alkyl halides is 2. The zero-order valence-electron chi connectivity index (χ0n) is 18.8. The molecule has 2 aromatic rings. The predicted molar refractivity (Wildman–Crippen MR) is 117 cm³/mol. The Labute approximate surface area is 198 Å². The molecule has 190 valence electrons. The number of anilines is 1. The minimum Gasteiger partial charge on any atom is -0.459 e. The highest BCUT2D eigenvalue weighted by molar-refractivity contribution is 7.48.